The average Bonchev–Trinajstić information content (AvgIpc) is 3.03. The highest BCUT2D eigenvalue weighted by molar-refractivity contribution is 6.01. The molecule has 2 fully saturated rings. The third kappa shape index (κ3) is 4.03. The molecule has 2 saturated heterocycles. The zero-order valence-corrected chi connectivity index (χ0v) is 15.3. The number of para-hydroxylation sites is 1. The van der Waals surface area contributed by atoms with Crippen molar-refractivity contribution in [1.82, 2.24) is 10.6 Å². The van der Waals surface area contributed by atoms with Gasteiger partial charge in [-0.05, 0) is 43.4 Å². The van der Waals surface area contributed by atoms with E-state index in [-0.39, 0.29) is 23.8 Å². The largest absolute Gasteiger partial charge is 0.352 e. The Kier molecular flexibility index (Phi) is 5.74. The number of nitrogens with one attached hydrogen (secondary N) is 2. The molecule has 1 aromatic carbocycles. The smallest absolute Gasteiger partial charge is 0.227 e. The van der Waals surface area contributed by atoms with Gasteiger partial charge in [0.1, 0.15) is 0 Å². The van der Waals surface area contributed by atoms with E-state index in [0.29, 0.717) is 18.9 Å². The number of benzene rings is 1. The molecule has 1 aromatic rings. The van der Waals surface area contributed by atoms with Crippen LogP contribution in [0.4, 0.5) is 5.69 Å². The maximum atomic E-state index is 12.6. The number of hydrogen-bond acceptors (Lipinski definition) is 3. The van der Waals surface area contributed by atoms with Crippen LogP contribution < -0.4 is 15.5 Å². The monoisotopic (exact) mass is 343 g/mol. The van der Waals surface area contributed by atoms with Gasteiger partial charge < -0.3 is 15.5 Å². The van der Waals surface area contributed by atoms with Gasteiger partial charge in [0, 0.05) is 31.2 Å². The zero-order chi connectivity index (χ0) is 17.8. The van der Waals surface area contributed by atoms with Gasteiger partial charge in [-0.2, -0.15) is 0 Å². The summed E-state index contributed by atoms with van der Waals surface area (Å²) in [4.78, 5) is 27.0. The summed E-state index contributed by atoms with van der Waals surface area (Å²) in [5.41, 5.74) is 2.16. The molecule has 2 aliphatic heterocycles. The van der Waals surface area contributed by atoms with Crippen LogP contribution in [0.5, 0.6) is 0 Å². The highest BCUT2D eigenvalue weighted by Gasteiger charge is 2.36. The van der Waals surface area contributed by atoms with Crippen molar-refractivity contribution in [3.63, 3.8) is 0 Å². The van der Waals surface area contributed by atoms with E-state index in [1.54, 1.807) is 0 Å². The standard InChI is InChI=1S/C20H29N3O2/c1-3-14(2)17-8-4-5-9-18(17)23-13-15(11-19(23)24)20(25)22-16-7-6-10-21-12-16/h4-5,8-9,14-16,21H,3,6-7,10-13H2,1-2H3,(H,22,25)/t14?,15?,16-/m0/s1. The number of hydrogen-bond donors (Lipinski definition) is 2. The second kappa shape index (κ2) is 8.00. The Morgan fingerprint density at radius 1 is 1.40 bits per heavy atom. The van der Waals surface area contributed by atoms with E-state index >= 15 is 0 Å². The molecule has 2 heterocycles. The van der Waals surface area contributed by atoms with Crippen molar-refractivity contribution in [2.45, 2.75) is 51.5 Å². The Labute approximate surface area is 150 Å². The summed E-state index contributed by atoms with van der Waals surface area (Å²) in [5.74, 6) is 0.216. The minimum absolute atomic E-state index is 0.0190. The van der Waals surface area contributed by atoms with Gasteiger partial charge in [0.15, 0.2) is 0 Å². The Bertz CT molecular complexity index is 625. The average molecular weight is 343 g/mol. The first kappa shape index (κ1) is 17.9. The summed E-state index contributed by atoms with van der Waals surface area (Å²) >= 11 is 0. The predicted octanol–water partition coefficient (Wildman–Crippen LogP) is 2.42. The van der Waals surface area contributed by atoms with Crippen LogP contribution >= 0.6 is 0 Å². The number of rotatable bonds is 5. The van der Waals surface area contributed by atoms with Crippen molar-refractivity contribution < 1.29 is 9.59 Å². The van der Waals surface area contributed by atoms with Crippen LogP contribution in [0.15, 0.2) is 24.3 Å². The van der Waals surface area contributed by atoms with Crippen molar-refractivity contribution in [1.29, 1.82) is 0 Å². The SMILES string of the molecule is CCC(C)c1ccccc1N1CC(C(=O)N[C@H]2CCCNC2)CC1=O. The van der Waals surface area contributed by atoms with Crippen molar-refractivity contribution in [2.75, 3.05) is 24.5 Å². The minimum atomic E-state index is -0.251. The molecule has 0 radical (unpaired) electrons. The number of nitrogens with zero attached hydrogens (tertiary/aromatic N) is 1. The molecule has 136 valence electrons. The molecule has 3 rings (SSSR count). The second-order valence-electron chi connectivity index (χ2n) is 7.33. The van der Waals surface area contributed by atoms with Crippen LogP contribution in [0.1, 0.15) is 51.0 Å². The molecule has 0 spiro atoms. The third-order valence-electron chi connectivity index (χ3n) is 5.51. The Morgan fingerprint density at radius 2 is 2.20 bits per heavy atom. The topological polar surface area (TPSA) is 61.4 Å². The quantitative estimate of drug-likeness (QED) is 0.863. The maximum Gasteiger partial charge on any atom is 0.227 e. The molecule has 25 heavy (non-hydrogen) atoms. The Hall–Kier alpha value is -1.88. The molecule has 5 nitrogen and oxygen atoms in total. The predicted molar refractivity (Wildman–Crippen MR) is 99.6 cm³/mol. The molecule has 2 amide bonds. The maximum absolute atomic E-state index is 12.6. The normalized spacial score (nSPS) is 25.0. The molecule has 3 atom stereocenters. The summed E-state index contributed by atoms with van der Waals surface area (Å²) in [6, 6.07) is 8.28. The lowest BCUT2D eigenvalue weighted by Gasteiger charge is -2.25. The highest BCUT2D eigenvalue weighted by atomic mass is 16.2. The van der Waals surface area contributed by atoms with Crippen LogP contribution in [-0.2, 0) is 9.59 Å². The van der Waals surface area contributed by atoms with E-state index < -0.39 is 0 Å². The second-order valence-corrected chi connectivity index (χ2v) is 7.33. The first-order valence-corrected chi connectivity index (χ1v) is 9.50. The molecule has 2 aliphatic rings. The highest BCUT2D eigenvalue weighted by Crippen LogP contribution is 2.33. The van der Waals surface area contributed by atoms with Gasteiger partial charge in [-0.3, -0.25) is 9.59 Å². The lowest BCUT2D eigenvalue weighted by atomic mass is 9.96. The van der Waals surface area contributed by atoms with Crippen LogP contribution in [0, 0.1) is 5.92 Å². The lowest BCUT2D eigenvalue weighted by molar-refractivity contribution is -0.127. The fraction of sp³-hybridized carbons (Fsp3) is 0.600. The van der Waals surface area contributed by atoms with Crippen molar-refractivity contribution >= 4 is 17.5 Å². The molecule has 5 heteroatoms. The summed E-state index contributed by atoms with van der Waals surface area (Å²) in [7, 11) is 0. The van der Waals surface area contributed by atoms with Gasteiger partial charge in [-0.1, -0.05) is 32.0 Å². The summed E-state index contributed by atoms with van der Waals surface area (Å²) < 4.78 is 0. The first-order valence-electron chi connectivity index (χ1n) is 9.50. The van der Waals surface area contributed by atoms with E-state index in [0.717, 1.165) is 38.0 Å². The van der Waals surface area contributed by atoms with Crippen LogP contribution in [-0.4, -0.2) is 37.5 Å². The van der Waals surface area contributed by atoms with E-state index in [2.05, 4.69) is 30.5 Å². The van der Waals surface area contributed by atoms with Crippen molar-refractivity contribution in [3.05, 3.63) is 29.8 Å². The minimum Gasteiger partial charge on any atom is -0.352 e. The molecule has 0 saturated carbocycles. The van der Waals surface area contributed by atoms with Crippen LogP contribution in [0.3, 0.4) is 0 Å². The lowest BCUT2D eigenvalue weighted by Crippen LogP contribution is -2.47. The molecule has 2 N–H and O–H groups in total. The van der Waals surface area contributed by atoms with Gasteiger partial charge >= 0.3 is 0 Å². The molecule has 0 aliphatic carbocycles. The Balaban J connectivity index is 1.69. The van der Waals surface area contributed by atoms with E-state index in [9.17, 15) is 9.59 Å². The van der Waals surface area contributed by atoms with Crippen molar-refractivity contribution in [3.8, 4) is 0 Å². The number of anilines is 1. The Morgan fingerprint density at radius 3 is 2.92 bits per heavy atom. The first-order chi connectivity index (χ1) is 12.1. The molecular formula is C20H29N3O2. The summed E-state index contributed by atoms with van der Waals surface area (Å²) in [6.07, 6.45) is 3.43. The molecule has 0 bridgehead atoms. The van der Waals surface area contributed by atoms with Gasteiger partial charge in [0.05, 0.1) is 5.92 Å². The van der Waals surface area contributed by atoms with Gasteiger partial charge in [0.25, 0.3) is 0 Å². The number of piperidine rings is 1. The fourth-order valence-corrected chi connectivity index (χ4v) is 3.78. The van der Waals surface area contributed by atoms with Crippen molar-refractivity contribution in [2.24, 2.45) is 5.92 Å². The van der Waals surface area contributed by atoms with Crippen LogP contribution in [0.2, 0.25) is 0 Å². The summed E-state index contributed by atoms with van der Waals surface area (Å²) in [6.45, 7) is 6.67. The van der Waals surface area contributed by atoms with Gasteiger partial charge in [-0.15, -0.1) is 0 Å². The van der Waals surface area contributed by atoms with Crippen LogP contribution in [0.25, 0.3) is 0 Å². The number of carbonyl (C=O) groups excluding carboxylic acids is 2. The summed E-state index contributed by atoms with van der Waals surface area (Å²) in [5, 5.41) is 6.43. The zero-order valence-electron chi connectivity index (χ0n) is 15.3. The van der Waals surface area contributed by atoms with E-state index in [1.807, 2.05) is 23.1 Å². The third-order valence-corrected chi connectivity index (χ3v) is 5.51. The van der Waals surface area contributed by atoms with E-state index in [4.69, 9.17) is 0 Å². The molecule has 2 unspecified atom stereocenters. The number of carbonyl (C=O) groups is 2. The molecule has 0 aromatic heterocycles. The van der Waals surface area contributed by atoms with Gasteiger partial charge in [-0.25, -0.2) is 0 Å². The fourth-order valence-electron chi connectivity index (χ4n) is 3.78. The van der Waals surface area contributed by atoms with E-state index in [1.165, 1.54) is 5.56 Å². The van der Waals surface area contributed by atoms with Gasteiger partial charge in [0.2, 0.25) is 11.8 Å². The number of amides is 2. The molecular weight excluding hydrogens is 314 g/mol.